The molecular formula is C15H17Br2NO3S. The predicted molar refractivity (Wildman–Crippen MR) is 93.2 cm³/mol. The SMILES string of the molecule is CCCCCCCCC(=O)N1C(=O)c2c(Br)sc(Br)c2C1=O. The first-order chi connectivity index (χ1) is 10.5. The lowest BCUT2D eigenvalue weighted by Crippen LogP contribution is -2.36. The standard InChI is InChI=1S/C15H17Br2NO3S/c1-2-3-4-5-6-7-8-9(19)18-14(20)10-11(15(18)21)13(17)22-12(10)16/h2-8H2,1H3. The number of halogens is 2. The van der Waals surface area contributed by atoms with Crippen molar-refractivity contribution in [1.82, 2.24) is 4.90 Å². The molecule has 0 saturated heterocycles. The zero-order valence-corrected chi connectivity index (χ0v) is 16.3. The van der Waals surface area contributed by atoms with Crippen molar-refractivity contribution < 1.29 is 14.4 Å². The molecule has 7 heteroatoms. The van der Waals surface area contributed by atoms with Gasteiger partial charge in [0, 0.05) is 6.42 Å². The molecule has 0 saturated carbocycles. The lowest BCUT2D eigenvalue weighted by atomic mass is 10.1. The fourth-order valence-corrected chi connectivity index (χ4v) is 5.57. The van der Waals surface area contributed by atoms with Crippen LogP contribution < -0.4 is 0 Å². The highest BCUT2D eigenvalue weighted by atomic mass is 79.9. The molecule has 0 fully saturated rings. The van der Waals surface area contributed by atoms with Crippen LogP contribution in [0.5, 0.6) is 0 Å². The van der Waals surface area contributed by atoms with Crippen molar-refractivity contribution in [1.29, 1.82) is 0 Å². The first kappa shape index (κ1) is 17.8. The molecule has 0 N–H and O–H groups in total. The van der Waals surface area contributed by atoms with Crippen molar-refractivity contribution in [2.75, 3.05) is 0 Å². The van der Waals surface area contributed by atoms with E-state index in [1.165, 1.54) is 30.6 Å². The average molecular weight is 451 g/mol. The van der Waals surface area contributed by atoms with Gasteiger partial charge in [0.2, 0.25) is 5.91 Å². The minimum atomic E-state index is -0.509. The molecule has 22 heavy (non-hydrogen) atoms. The van der Waals surface area contributed by atoms with Gasteiger partial charge in [-0.2, -0.15) is 0 Å². The molecule has 120 valence electrons. The number of thiophene rings is 1. The first-order valence-electron chi connectivity index (χ1n) is 7.38. The summed E-state index contributed by atoms with van der Waals surface area (Å²) in [7, 11) is 0. The van der Waals surface area contributed by atoms with Crippen molar-refractivity contribution in [2.24, 2.45) is 0 Å². The Kier molecular flexibility index (Phi) is 6.35. The molecule has 0 spiro atoms. The summed E-state index contributed by atoms with van der Waals surface area (Å²) in [4.78, 5) is 37.6. The van der Waals surface area contributed by atoms with Crippen molar-refractivity contribution in [2.45, 2.75) is 51.9 Å². The zero-order valence-electron chi connectivity index (χ0n) is 12.3. The fourth-order valence-electron chi connectivity index (χ4n) is 2.47. The van der Waals surface area contributed by atoms with Crippen LogP contribution in [0.2, 0.25) is 0 Å². The number of fused-ring (bicyclic) bond motifs is 1. The van der Waals surface area contributed by atoms with Gasteiger partial charge >= 0.3 is 0 Å². The Balaban J connectivity index is 1.94. The fraction of sp³-hybridized carbons (Fsp3) is 0.533. The van der Waals surface area contributed by atoms with E-state index in [0.29, 0.717) is 18.7 Å². The monoisotopic (exact) mass is 449 g/mol. The Morgan fingerprint density at radius 1 is 0.955 bits per heavy atom. The van der Waals surface area contributed by atoms with Gasteiger partial charge in [0.05, 0.1) is 18.7 Å². The summed E-state index contributed by atoms with van der Waals surface area (Å²) in [6, 6.07) is 0. The maximum absolute atomic E-state index is 12.3. The highest BCUT2D eigenvalue weighted by molar-refractivity contribution is 9.12. The smallest absolute Gasteiger partial charge is 0.270 e. The van der Waals surface area contributed by atoms with Crippen LogP contribution in [0.15, 0.2) is 7.57 Å². The number of unbranched alkanes of at least 4 members (excludes halogenated alkanes) is 5. The highest BCUT2D eigenvalue weighted by Gasteiger charge is 2.43. The molecule has 0 unspecified atom stereocenters. The third-order valence-corrected chi connectivity index (χ3v) is 6.18. The molecule has 1 aromatic rings. The Morgan fingerprint density at radius 3 is 2.00 bits per heavy atom. The third-order valence-electron chi connectivity index (χ3n) is 3.65. The molecule has 2 rings (SSSR count). The average Bonchev–Trinajstić information content (AvgIpc) is 2.91. The van der Waals surface area contributed by atoms with E-state index < -0.39 is 17.7 Å². The number of amides is 3. The van der Waals surface area contributed by atoms with Crippen LogP contribution in [-0.2, 0) is 4.79 Å². The van der Waals surface area contributed by atoms with Gasteiger partial charge in [0.25, 0.3) is 11.8 Å². The second-order valence-corrected chi connectivity index (χ2v) is 8.91. The van der Waals surface area contributed by atoms with E-state index in [2.05, 4.69) is 38.8 Å². The van der Waals surface area contributed by atoms with Crippen molar-refractivity contribution in [3.8, 4) is 0 Å². The van der Waals surface area contributed by atoms with E-state index in [4.69, 9.17) is 0 Å². The van der Waals surface area contributed by atoms with Crippen molar-refractivity contribution >= 4 is 60.9 Å². The van der Waals surface area contributed by atoms with Crippen molar-refractivity contribution in [3.05, 3.63) is 18.7 Å². The second-order valence-electron chi connectivity index (χ2n) is 5.26. The summed E-state index contributed by atoms with van der Waals surface area (Å²) < 4.78 is 1.17. The lowest BCUT2D eigenvalue weighted by Gasteiger charge is -2.12. The number of imide groups is 3. The molecule has 1 aliphatic rings. The van der Waals surface area contributed by atoms with Crippen molar-refractivity contribution in [3.63, 3.8) is 0 Å². The quantitative estimate of drug-likeness (QED) is 0.426. The van der Waals surface area contributed by atoms with Gasteiger partial charge in [-0.05, 0) is 38.3 Å². The molecule has 0 aliphatic carbocycles. The van der Waals surface area contributed by atoms with Gasteiger partial charge in [0.15, 0.2) is 0 Å². The van der Waals surface area contributed by atoms with E-state index in [0.717, 1.165) is 24.2 Å². The van der Waals surface area contributed by atoms with Gasteiger partial charge in [-0.1, -0.05) is 39.0 Å². The zero-order chi connectivity index (χ0) is 16.3. The summed E-state index contributed by atoms with van der Waals surface area (Å²) in [5.41, 5.74) is 0.608. The van der Waals surface area contributed by atoms with Gasteiger partial charge in [-0.15, -0.1) is 11.3 Å². The topological polar surface area (TPSA) is 54.5 Å². The largest absolute Gasteiger partial charge is 0.274 e. The Bertz CT molecular complexity index is 576. The van der Waals surface area contributed by atoms with Crippen LogP contribution in [0.1, 0.15) is 72.6 Å². The number of nitrogens with zero attached hydrogens (tertiary/aromatic N) is 1. The minimum Gasteiger partial charge on any atom is -0.274 e. The van der Waals surface area contributed by atoms with E-state index in [1.54, 1.807) is 0 Å². The van der Waals surface area contributed by atoms with Gasteiger partial charge in [-0.25, -0.2) is 4.90 Å². The third kappa shape index (κ3) is 3.51. The molecule has 0 radical (unpaired) electrons. The Morgan fingerprint density at radius 2 is 1.45 bits per heavy atom. The number of rotatable bonds is 7. The number of carbonyl (C=O) groups excluding carboxylic acids is 3. The Hall–Kier alpha value is -0.530. The predicted octanol–water partition coefficient (Wildman–Crippen LogP) is 5.15. The van der Waals surface area contributed by atoms with E-state index in [1.807, 2.05) is 0 Å². The summed E-state index contributed by atoms with van der Waals surface area (Å²) in [5, 5.41) is 0. The summed E-state index contributed by atoms with van der Waals surface area (Å²) >= 11 is 7.83. The molecule has 1 aliphatic heterocycles. The summed E-state index contributed by atoms with van der Waals surface area (Å²) in [6.07, 6.45) is 6.56. The first-order valence-corrected chi connectivity index (χ1v) is 9.78. The molecule has 0 bridgehead atoms. The summed E-state index contributed by atoms with van der Waals surface area (Å²) in [6.45, 7) is 2.16. The van der Waals surface area contributed by atoms with E-state index in [9.17, 15) is 14.4 Å². The number of hydrogen-bond donors (Lipinski definition) is 0. The van der Waals surface area contributed by atoms with Gasteiger partial charge in [0.1, 0.15) is 0 Å². The minimum absolute atomic E-state index is 0.243. The Labute approximate surface area is 150 Å². The number of carbonyl (C=O) groups is 3. The van der Waals surface area contributed by atoms with Crippen LogP contribution >= 0.6 is 43.2 Å². The normalized spacial score (nSPS) is 13.9. The molecule has 3 amide bonds. The molecule has 2 heterocycles. The van der Waals surface area contributed by atoms with Crippen LogP contribution in [-0.4, -0.2) is 22.6 Å². The maximum atomic E-state index is 12.3. The van der Waals surface area contributed by atoms with E-state index >= 15 is 0 Å². The van der Waals surface area contributed by atoms with Crippen LogP contribution in [0.3, 0.4) is 0 Å². The highest BCUT2D eigenvalue weighted by Crippen LogP contribution is 2.42. The second kappa shape index (κ2) is 7.84. The van der Waals surface area contributed by atoms with Gasteiger partial charge in [-0.3, -0.25) is 14.4 Å². The maximum Gasteiger partial charge on any atom is 0.270 e. The van der Waals surface area contributed by atoms with Crippen LogP contribution in [0.25, 0.3) is 0 Å². The van der Waals surface area contributed by atoms with Crippen LogP contribution in [0, 0.1) is 0 Å². The lowest BCUT2D eigenvalue weighted by molar-refractivity contribution is -0.126. The molecule has 0 aromatic carbocycles. The molecule has 1 aromatic heterocycles. The summed E-state index contributed by atoms with van der Waals surface area (Å²) in [5.74, 6) is -1.42. The van der Waals surface area contributed by atoms with Crippen LogP contribution in [0.4, 0.5) is 0 Å². The number of hydrogen-bond acceptors (Lipinski definition) is 4. The van der Waals surface area contributed by atoms with E-state index in [-0.39, 0.29) is 6.42 Å². The molecular weight excluding hydrogens is 434 g/mol. The van der Waals surface area contributed by atoms with Gasteiger partial charge < -0.3 is 0 Å². The molecule has 0 atom stereocenters. The molecule has 4 nitrogen and oxygen atoms in total.